The van der Waals surface area contributed by atoms with Crippen molar-refractivity contribution in [3.8, 4) is 22.6 Å². The van der Waals surface area contributed by atoms with Crippen LogP contribution in [0.15, 0.2) is 55.9 Å². The Morgan fingerprint density at radius 3 is 2.55 bits per heavy atom. The van der Waals surface area contributed by atoms with Crippen LogP contribution >= 0.6 is 31.9 Å². The molecule has 0 saturated heterocycles. The molecule has 1 heterocycles. The number of aliphatic hydroxyl groups is 1. The number of aromatic nitrogens is 1. The molecule has 112 valence electrons. The van der Waals surface area contributed by atoms with Gasteiger partial charge in [-0.3, -0.25) is 0 Å². The molecule has 0 aliphatic rings. The van der Waals surface area contributed by atoms with E-state index in [0.29, 0.717) is 15.7 Å². The fourth-order valence-corrected chi connectivity index (χ4v) is 2.94. The van der Waals surface area contributed by atoms with Crippen LogP contribution in [-0.4, -0.2) is 10.3 Å². The highest BCUT2D eigenvalue weighted by Gasteiger charge is 2.21. The molecular weight excluding hydrogens is 417 g/mol. The van der Waals surface area contributed by atoms with Crippen molar-refractivity contribution in [2.75, 3.05) is 0 Å². The van der Waals surface area contributed by atoms with Crippen LogP contribution in [0.5, 0.6) is 0 Å². The normalized spacial score (nSPS) is 10.9. The molecule has 0 atom stereocenters. The van der Waals surface area contributed by atoms with Crippen LogP contribution in [0.3, 0.4) is 0 Å². The summed E-state index contributed by atoms with van der Waals surface area (Å²) in [6.07, 6.45) is 0. The summed E-state index contributed by atoms with van der Waals surface area (Å²) in [6, 6.07) is 12.1. The van der Waals surface area contributed by atoms with Crippen molar-refractivity contribution >= 4 is 31.9 Å². The van der Waals surface area contributed by atoms with Crippen molar-refractivity contribution in [1.82, 2.24) is 5.16 Å². The molecule has 22 heavy (non-hydrogen) atoms. The summed E-state index contributed by atoms with van der Waals surface area (Å²) in [5.74, 6) is -0.205. The molecule has 1 N–H and O–H groups in total. The van der Waals surface area contributed by atoms with Crippen LogP contribution in [0.4, 0.5) is 4.39 Å². The SMILES string of the molecule is OCc1c(-c2cccc(Br)c2)noc1-c1ccc(Br)cc1F. The van der Waals surface area contributed by atoms with E-state index in [2.05, 4.69) is 37.0 Å². The second-order valence-corrected chi connectivity index (χ2v) is 6.46. The number of aliphatic hydroxyl groups excluding tert-OH is 1. The highest BCUT2D eigenvalue weighted by molar-refractivity contribution is 9.10. The molecular formula is C16H10Br2FNO2. The first-order chi connectivity index (χ1) is 10.6. The second-order valence-electron chi connectivity index (χ2n) is 4.63. The van der Waals surface area contributed by atoms with Crippen LogP contribution in [0.2, 0.25) is 0 Å². The zero-order chi connectivity index (χ0) is 15.7. The summed E-state index contributed by atoms with van der Waals surface area (Å²) in [6.45, 7) is -0.295. The Morgan fingerprint density at radius 2 is 1.86 bits per heavy atom. The zero-order valence-corrected chi connectivity index (χ0v) is 14.4. The summed E-state index contributed by atoms with van der Waals surface area (Å²) in [5, 5.41) is 13.7. The smallest absolute Gasteiger partial charge is 0.175 e. The van der Waals surface area contributed by atoms with Gasteiger partial charge in [0.15, 0.2) is 5.76 Å². The minimum Gasteiger partial charge on any atom is -0.391 e. The number of hydrogen-bond donors (Lipinski definition) is 1. The molecule has 0 aliphatic heterocycles. The van der Waals surface area contributed by atoms with Gasteiger partial charge >= 0.3 is 0 Å². The largest absolute Gasteiger partial charge is 0.391 e. The van der Waals surface area contributed by atoms with E-state index in [-0.39, 0.29) is 17.9 Å². The van der Waals surface area contributed by atoms with Crippen LogP contribution in [0.1, 0.15) is 5.56 Å². The predicted molar refractivity (Wildman–Crippen MR) is 88.7 cm³/mol. The van der Waals surface area contributed by atoms with Crippen molar-refractivity contribution < 1.29 is 14.0 Å². The first kappa shape index (κ1) is 15.4. The molecule has 0 amide bonds. The van der Waals surface area contributed by atoms with Gasteiger partial charge in [-0.05, 0) is 30.3 Å². The van der Waals surface area contributed by atoms with E-state index in [1.807, 2.05) is 24.3 Å². The molecule has 0 saturated carbocycles. The number of halogens is 3. The summed E-state index contributed by atoms with van der Waals surface area (Å²) in [5.41, 5.74) is 2.01. The van der Waals surface area contributed by atoms with Gasteiger partial charge in [-0.1, -0.05) is 49.1 Å². The molecule has 0 fully saturated rings. The van der Waals surface area contributed by atoms with E-state index in [4.69, 9.17) is 4.52 Å². The molecule has 0 radical (unpaired) electrons. The molecule has 0 bridgehead atoms. The average Bonchev–Trinajstić information content (AvgIpc) is 2.91. The highest BCUT2D eigenvalue weighted by Crippen LogP contribution is 2.35. The standard InChI is InChI=1S/C16H10Br2FNO2/c17-10-3-1-2-9(6-10)15-13(8-21)16(22-20-15)12-5-4-11(18)7-14(12)19/h1-7,21H,8H2. The lowest BCUT2D eigenvalue weighted by atomic mass is 10.0. The molecule has 3 nitrogen and oxygen atoms in total. The van der Waals surface area contributed by atoms with Crippen molar-refractivity contribution in [3.05, 3.63) is 62.8 Å². The Kier molecular flexibility index (Phi) is 4.42. The van der Waals surface area contributed by atoms with E-state index in [0.717, 1.165) is 10.0 Å². The Labute approximate surface area is 143 Å². The van der Waals surface area contributed by atoms with Crippen molar-refractivity contribution in [2.45, 2.75) is 6.61 Å². The second kappa shape index (κ2) is 6.32. The number of rotatable bonds is 3. The fraction of sp³-hybridized carbons (Fsp3) is 0.0625. The summed E-state index contributed by atoms with van der Waals surface area (Å²) in [4.78, 5) is 0. The lowest BCUT2D eigenvalue weighted by Crippen LogP contribution is -1.91. The van der Waals surface area contributed by atoms with E-state index >= 15 is 0 Å². The zero-order valence-electron chi connectivity index (χ0n) is 11.2. The summed E-state index contributed by atoms with van der Waals surface area (Å²) >= 11 is 6.60. The molecule has 0 spiro atoms. The summed E-state index contributed by atoms with van der Waals surface area (Å²) in [7, 11) is 0. The Bertz CT molecular complexity index is 833. The molecule has 0 unspecified atom stereocenters. The van der Waals surface area contributed by atoms with Gasteiger partial charge in [0.25, 0.3) is 0 Å². The van der Waals surface area contributed by atoms with Gasteiger partial charge in [-0.2, -0.15) is 0 Å². The molecule has 0 aliphatic carbocycles. The number of benzene rings is 2. The minimum absolute atomic E-state index is 0.238. The lowest BCUT2D eigenvalue weighted by Gasteiger charge is -2.03. The molecule has 3 aromatic rings. The Morgan fingerprint density at radius 1 is 1.09 bits per heavy atom. The molecule has 3 rings (SSSR count). The Hall–Kier alpha value is -1.50. The van der Waals surface area contributed by atoms with Crippen LogP contribution in [0, 0.1) is 5.82 Å². The maximum Gasteiger partial charge on any atom is 0.175 e. The van der Waals surface area contributed by atoms with E-state index in [1.165, 1.54) is 6.07 Å². The molecule has 6 heteroatoms. The van der Waals surface area contributed by atoms with Crippen LogP contribution in [0.25, 0.3) is 22.6 Å². The first-order valence-electron chi connectivity index (χ1n) is 6.41. The lowest BCUT2D eigenvalue weighted by molar-refractivity contribution is 0.281. The number of nitrogens with zero attached hydrogens (tertiary/aromatic N) is 1. The third kappa shape index (κ3) is 2.86. The molecule has 2 aromatic carbocycles. The van der Waals surface area contributed by atoms with Gasteiger partial charge in [-0.25, -0.2) is 4.39 Å². The summed E-state index contributed by atoms with van der Waals surface area (Å²) < 4.78 is 20.9. The third-order valence-electron chi connectivity index (χ3n) is 3.22. The van der Waals surface area contributed by atoms with Crippen molar-refractivity contribution in [3.63, 3.8) is 0 Å². The molecule has 1 aromatic heterocycles. The van der Waals surface area contributed by atoms with Gasteiger partial charge in [0, 0.05) is 14.5 Å². The predicted octanol–water partition coefficient (Wildman–Crippen LogP) is 5.17. The number of hydrogen-bond acceptors (Lipinski definition) is 3. The van der Waals surface area contributed by atoms with Gasteiger partial charge < -0.3 is 9.63 Å². The maximum atomic E-state index is 14.1. The third-order valence-corrected chi connectivity index (χ3v) is 4.21. The van der Waals surface area contributed by atoms with Crippen LogP contribution < -0.4 is 0 Å². The topological polar surface area (TPSA) is 46.3 Å². The van der Waals surface area contributed by atoms with E-state index in [1.54, 1.807) is 12.1 Å². The van der Waals surface area contributed by atoms with Crippen molar-refractivity contribution in [1.29, 1.82) is 0 Å². The van der Waals surface area contributed by atoms with Crippen LogP contribution in [-0.2, 0) is 6.61 Å². The monoisotopic (exact) mass is 425 g/mol. The van der Waals surface area contributed by atoms with E-state index in [9.17, 15) is 9.50 Å². The quantitative estimate of drug-likeness (QED) is 0.628. The van der Waals surface area contributed by atoms with Gasteiger partial charge in [0.05, 0.1) is 17.7 Å². The minimum atomic E-state index is -0.444. The maximum absolute atomic E-state index is 14.1. The fourth-order valence-electron chi connectivity index (χ4n) is 2.20. The average molecular weight is 427 g/mol. The highest BCUT2D eigenvalue weighted by atomic mass is 79.9. The van der Waals surface area contributed by atoms with E-state index < -0.39 is 5.82 Å². The van der Waals surface area contributed by atoms with Gasteiger partial charge in [-0.15, -0.1) is 0 Å². The van der Waals surface area contributed by atoms with Gasteiger partial charge in [0.1, 0.15) is 11.5 Å². The van der Waals surface area contributed by atoms with Crippen molar-refractivity contribution in [2.24, 2.45) is 0 Å². The Balaban J connectivity index is 2.15. The first-order valence-corrected chi connectivity index (χ1v) is 7.99. The van der Waals surface area contributed by atoms with Gasteiger partial charge in [0.2, 0.25) is 0 Å².